The van der Waals surface area contributed by atoms with Gasteiger partial charge in [-0.3, -0.25) is 4.79 Å². The van der Waals surface area contributed by atoms with Crippen LogP contribution in [0.2, 0.25) is 0 Å². The minimum absolute atomic E-state index is 0.0565. The molecule has 0 spiro atoms. The number of anilines is 1. The van der Waals surface area contributed by atoms with Crippen molar-refractivity contribution < 1.29 is 4.74 Å². The van der Waals surface area contributed by atoms with E-state index in [1.54, 1.807) is 24.0 Å². The van der Waals surface area contributed by atoms with Gasteiger partial charge in [-0.15, -0.1) is 0 Å². The van der Waals surface area contributed by atoms with Crippen LogP contribution in [0.1, 0.15) is 13.8 Å². The minimum Gasteiger partial charge on any atom is -0.377 e. The number of hydrogen-bond acceptors (Lipinski definition) is 5. The molecule has 1 aliphatic heterocycles. The Morgan fingerprint density at radius 2 is 2.37 bits per heavy atom. The highest BCUT2D eigenvalue weighted by Crippen LogP contribution is 2.12. The number of rotatable bonds is 4. The summed E-state index contributed by atoms with van der Waals surface area (Å²) in [5, 5.41) is 3.39. The molecule has 19 heavy (non-hydrogen) atoms. The predicted octanol–water partition coefficient (Wildman–Crippen LogP) is -0.0165. The van der Waals surface area contributed by atoms with Gasteiger partial charge in [0, 0.05) is 38.6 Å². The number of ether oxygens (including phenoxy) is 1. The lowest BCUT2D eigenvalue weighted by atomic mass is 10.2. The molecule has 0 amide bonds. The van der Waals surface area contributed by atoms with Crippen molar-refractivity contribution in [2.75, 3.05) is 31.2 Å². The summed E-state index contributed by atoms with van der Waals surface area (Å²) in [6.07, 6.45) is 3.34. The van der Waals surface area contributed by atoms with Gasteiger partial charge in [0.15, 0.2) is 5.82 Å². The van der Waals surface area contributed by atoms with Crippen LogP contribution in [0, 0.1) is 0 Å². The molecule has 1 aliphatic rings. The van der Waals surface area contributed by atoms with E-state index in [4.69, 9.17) is 4.74 Å². The molecule has 1 aromatic rings. The normalized spacial score (nSPS) is 20.0. The Kier molecular flexibility index (Phi) is 4.55. The topological polar surface area (TPSA) is 59.4 Å². The van der Waals surface area contributed by atoms with Crippen molar-refractivity contribution in [2.45, 2.75) is 25.9 Å². The molecule has 0 saturated carbocycles. The standard InChI is InChI=1S/C13H22N4O2/c1-10(2)15-8-11-9-19-7-6-17(11)12-13(18)16(3)5-4-14-12/h4-5,10-11,15H,6-9H2,1-3H3. The number of nitrogens with one attached hydrogen (secondary N) is 1. The van der Waals surface area contributed by atoms with Gasteiger partial charge >= 0.3 is 0 Å². The van der Waals surface area contributed by atoms with Crippen molar-refractivity contribution in [3.8, 4) is 0 Å². The molecule has 0 aromatic carbocycles. The van der Waals surface area contributed by atoms with Crippen molar-refractivity contribution in [3.05, 3.63) is 22.7 Å². The predicted molar refractivity (Wildman–Crippen MR) is 74.6 cm³/mol. The highest BCUT2D eigenvalue weighted by Gasteiger charge is 2.26. The monoisotopic (exact) mass is 266 g/mol. The molecule has 0 radical (unpaired) electrons. The molecular weight excluding hydrogens is 244 g/mol. The van der Waals surface area contributed by atoms with E-state index in [0.717, 1.165) is 6.54 Å². The quantitative estimate of drug-likeness (QED) is 0.830. The van der Waals surface area contributed by atoms with Crippen molar-refractivity contribution in [1.29, 1.82) is 0 Å². The number of aromatic nitrogens is 2. The summed E-state index contributed by atoms with van der Waals surface area (Å²) < 4.78 is 7.08. The summed E-state index contributed by atoms with van der Waals surface area (Å²) in [6.45, 7) is 6.97. The number of morpholine rings is 1. The first-order valence-electron chi connectivity index (χ1n) is 6.69. The van der Waals surface area contributed by atoms with Crippen LogP contribution in [-0.4, -0.2) is 47.9 Å². The van der Waals surface area contributed by atoms with Gasteiger partial charge in [0.2, 0.25) is 0 Å². The Hall–Kier alpha value is -1.40. The Bertz CT molecular complexity index is 472. The smallest absolute Gasteiger partial charge is 0.293 e. The zero-order valence-corrected chi connectivity index (χ0v) is 11.8. The van der Waals surface area contributed by atoms with Crippen molar-refractivity contribution in [2.24, 2.45) is 7.05 Å². The number of nitrogens with zero attached hydrogens (tertiary/aromatic N) is 3. The van der Waals surface area contributed by atoms with E-state index in [1.807, 2.05) is 0 Å². The maximum atomic E-state index is 12.1. The molecule has 1 unspecified atom stereocenters. The van der Waals surface area contributed by atoms with Crippen molar-refractivity contribution >= 4 is 5.82 Å². The van der Waals surface area contributed by atoms with Gasteiger partial charge in [0.05, 0.1) is 19.3 Å². The van der Waals surface area contributed by atoms with E-state index >= 15 is 0 Å². The van der Waals surface area contributed by atoms with Crippen molar-refractivity contribution in [3.63, 3.8) is 0 Å². The van der Waals surface area contributed by atoms with Gasteiger partial charge in [-0.05, 0) is 0 Å². The highest BCUT2D eigenvalue weighted by atomic mass is 16.5. The molecule has 2 rings (SSSR count). The average molecular weight is 266 g/mol. The molecule has 1 N–H and O–H groups in total. The lowest BCUT2D eigenvalue weighted by molar-refractivity contribution is 0.0926. The molecule has 1 saturated heterocycles. The molecule has 0 aliphatic carbocycles. The first-order valence-corrected chi connectivity index (χ1v) is 6.69. The third-order valence-electron chi connectivity index (χ3n) is 3.26. The second-order valence-corrected chi connectivity index (χ2v) is 5.15. The van der Waals surface area contributed by atoms with Gasteiger partial charge in [0.25, 0.3) is 5.56 Å². The molecule has 1 fully saturated rings. The summed E-state index contributed by atoms with van der Waals surface area (Å²) in [6, 6.07) is 0.564. The van der Waals surface area contributed by atoms with Crippen LogP contribution in [0.5, 0.6) is 0 Å². The van der Waals surface area contributed by atoms with Crippen LogP contribution in [0.4, 0.5) is 5.82 Å². The molecule has 0 bridgehead atoms. The van der Waals surface area contributed by atoms with Gasteiger partial charge in [-0.2, -0.15) is 0 Å². The number of hydrogen-bond donors (Lipinski definition) is 1. The van der Waals surface area contributed by atoms with Crippen LogP contribution in [0.25, 0.3) is 0 Å². The fourth-order valence-corrected chi connectivity index (χ4v) is 2.16. The molecule has 106 valence electrons. The van der Waals surface area contributed by atoms with Crippen LogP contribution in [-0.2, 0) is 11.8 Å². The summed E-state index contributed by atoms with van der Waals surface area (Å²) in [5.74, 6) is 0.517. The lowest BCUT2D eigenvalue weighted by Gasteiger charge is -2.36. The zero-order chi connectivity index (χ0) is 13.8. The van der Waals surface area contributed by atoms with Gasteiger partial charge in [-0.25, -0.2) is 4.98 Å². The average Bonchev–Trinajstić information content (AvgIpc) is 2.40. The second-order valence-electron chi connectivity index (χ2n) is 5.15. The summed E-state index contributed by atoms with van der Waals surface area (Å²) >= 11 is 0. The third-order valence-corrected chi connectivity index (χ3v) is 3.26. The molecule has 1 aromatic heterocycles. The van der Waals surface area contributed by atoms with E-state index in [-0.39, 0.29) is 11.6 Å². The summed E-state index contributed by atoms with van der Waals surface area (Å²) in [4.78, 5) is 18.5. The highest BCUT2D eigenvalue weighted by molar-refractivity contribution is 5.38. The van der Waals surface area contributed by atoms with Gasteiger partial charge < -0.3 is 19.5 Å². The lowest BCUT2D eigenvalue weighted by Crippen LogP contribution is -2.53. The fraction of sp³-hybridized carbons (Fsp3) is 0.692. The maximum absolute atomic E-state index is 12.1. The Labute approximate surface area is 113 Å². The maximum Gasteiger partial charge on any atom is 0.293 e. The Morgan fingerprint density at radius 3 is 3.11 bits per heavy atom. The van der Waals surface area contributed by atoms with E-state index in [1.165, 1.54) is 0 Å². The van der Waals surface area contributed by atoms with Crippen molar-refractivity contribution in [1.82, 2.24) is 14.9 Å². The van der Waals surface area contributed by atoms with E-state index in [2.05, 4.69) is 29.0 Å². The molecule has 6 heteroatoms. The van der Waals surface area contributed by atoms with Crippen LogP contribution in [0.15, 0.2) is 17.2 Å². The third kappa shape index (κ3) is 3.33. The van der Waals surface area contributed by atoms with E-state index < -0.39 is 0 Å². The minimum atomic E-state index is -0.0565. The largest absolute Gasteiger partial charge is 0.377 e. The second kappa shape index (κ2) is 6.16. The Balaban J connectivity index is 2.19. The van der Waals surface area contributed by atoms with Gasteiger partial charge in [-0.1, -0.05) is 13.8 Å². The zero-order valence-electron chi connectivity index (χ0n) is 11.8. The fourth-order valence-electron chi connectivity index (χ4n) is 2.16. The first-order chi connectivity index (χ1) is 9.09. The van der Waals surface area contributed by atoms with E-state index in [9.17, 15) is 4.79 Å². The SMILES string of the molecule is CC(C)NCC1COCCN1c1nccn(C)c1=O. The molecule has 1 atom stereocenters. The summed E-state index contributed by atoms with van der Waals surface area (Å²) in [5.41, 5.74) is -0.0565. The molecule has 2 heterocycles. The van der Waals surface area contributed by atoms with Gasteiger partial charge in [0.1, 0.15) is 0 Å². The van der Waals surface area contributed by atoms with Crippen LogP contribution in [0.3, 0.4) is 0 Å². The van der Waals surface area contributed by atoms with Crippen LogP contribution < -0.4 is 15.8 Å². The van der Waals surface area contributed by atoms with E-state index in [0.29, 0.717) is 31.6 Å². The first kappa shape index (κ1) is 14.0. The Morgan fingerprint density at radius 1 is 1.58 bits per heavy atom. The van der Waals surface area contributed by atoms with Crippen LogP contribution >= 0.6 is 0 Å². The molecule has 6 nitrogen and oxygen atoms in total. The number of aryl methyl sites for hydroxylation is 1. The molecular formula is C13H22N4O2. The summed E-state index contributed by atoms with van der Waals surface area (Å²) in [7, 11) is 1.75.